The second-order valence-corrected chi connectivity index (χ2v) is 4.39. The fraction of sp³-hybridized carbons (Fsp3) is 0.214. The summed E-state index contributed by atoms with van der Waals surface area (Å²) < 4.78 is 13.0. The SMILES string of the molecule is CCNc1cc([N+](=O)[O-])cc(N(C)c2ccc(F)cc2)n1. The van der Waals surface area contributed by atoms with Crippen LogP contribution in [0.2, 0.25) is 0 Å². The molecule has 0 fully saturated rings. The Bertz CT molecular complexity index is 646. The summed E-state index contributed by atoms with van der Waals surface area (Å²) in [4.78, 5) is 16.5. The van der Waals surface area contributed by atoms with Crippen molar-refractivity contribution < 1.29 is 9.31 Å². The highest BCUT2D eigenvalue weighted by molar-refractivity contribution is 5.64. The van der Waals surface area contributed by atoms with E-state index in [9.17, 15) is 14.5 Å². The highest BCUT2D eigenvalue weighted by Crippen LogP contribution is 2.27. The Morgan fingerprint density at radius 2 is 2.00 bits per heavy atom. The van der Waals surface area contributed by atoms with Crippen LogP contribution in [0.3, 0.4) is 0 Å². The minimum absolute atomic E-state index is 0.0510. The van der Waals surface area contributed by atoms with Crippen molar-refractivity contribution in [2.45, 2.75) is 6.92 Å². The lowest BCUT2D eigenvalue weighted by Crippen LogP contribution is -2.13. The lowest BCUT2D eigenvalue weighted by molar-refractivity contribution is -0.384. The molecular weight excluding hydrogens is 275 g/mol. The summed E-state index contributed by atoms with van der Waals surface area (Å²) in [5.41, 5.74) is 0.636. The van der Waals surface area contributed by atoms with E-state index in [4.69, 9.17) is 0 Å². The Kier molecular flexibility index (Phi) is 4.32. The maximum absolute atomic E-state index is 13.0. The van der Waals surface area contributed by atoms with Crippen molar-refractivity contribution in [2.75, 3.05) is 23.8 Å². The number of pyridine rings is 1. The number of nitrogens with one attached hydrogen (secondary N) is 1. The van der Waals surface area contributed by atoms with Crippen LogP contribution in [-0.4, -0.2) is 23.5 Å². The number of halogens is 1. The lowest BCUT2D eigenvalue weighted by Gasteiger charge is -2.19. The van der Waals surface area contributed by atoms with E-state index in [1.54, 1.807) is 24.1 Å². The molecule has 0 unspecified atom stereocenters. The van der Waals surface area contributed by atoms with Crippen molar-refractivity contribution in [1.82, 2.24) is 4.98 Å². The highest BCUT2D eigenvalue weighted by Gasteiger charge is 2.14. The first-order valence-corrected chi connectivity index (χ1v) is 6.41. The second kappa shape index (κ2) is 6.17. The van der Waals surface area contributed by atoms with Crippen LogP contribution in [0.4, 0.5) is 27.4 Å². The third kappa shape index (κ3) is 3.44. The van der Waals surface area contributed by atoms with E-state index < -0.39 is 4.92 Å². The van der Waals surface area contributed by atoms with Crippen LogP contribution < -0.4 is 10.2 Å². The average molecular weight is 290 g/mol. The lowest BCUT2D eigenvalue weighted by atomic mass is 10.2. The van der Waals surface area contributed by atoms with Gasteiger partial charge in [0.15, 0.2) is 0 Å². The van der Waals surface area contributed by atoms with Gasteiger partial charge in [-0.15, -0.1) is 0 Å². The first kappa shape index (κ1) is 14.7. The third-order valence-corrected chi connectivity index (χ3v) is 2.92. The monoisotopic (exact) mass is 290 g/mol. The van der Waals surface area contributed by atoms with Gasteiger partial charge in [-0.25, -0.2) is 9.37 Å². The van der Waals surface area contributed by atoms with Crippen LogP contribution >= 0.6 is 0 Å². The van der Waals surface area contributed by atoms with Gasteiger partial charge in [0.2, 0.25) is 0 Å². The summed E-state index contributed by atoms with van der Waals surface area (Å²) in [6.45, 7) is 2.48. The van der Waals surface area contributed by atoms with Gasteiger partial charge in [0.05, 0.1) is 17.1 Å². The van der Waals surface area contributed by atoms with Crippen molar-refractivity contribution in [2.24, 2.45) is 0 Å². The number of hydrogen-bond acceptors (Lipinski definition) is 5. The van der Waals surface area contributed by atoms with E-state index in [2.05, 4.69) is 10.3 Å². The van der Waals surface area contributed by atoms with E-state index in [1.165, 1.54) is 24.3 Å². The quantitative estimate of drug-likeness (QED) is 0.675. The summed E-state index contributed by atoms with van der Waals surface area (Å²) in [5, 5.41) is 14.0. The number of nitrogens with zero attached hydrogens (tertiary/aromatic N) is 3. The summed E-state index contributed by atoms with van der Waals surface area (Å²) in [5.74, 6) is 0.495. The molecular formula is C14H15FN4O2. The number of aromatic nitrogens is 1. The molecule has 1 aromatic heterocycles. The molecule has 6 nitrogen and oxygen atoms in total. The number of rotatable bonds is 5. The number of hydrogen-bond donors (Lipinski definition) is 1. The largest absolute Gasteiger partial charge is 0.370 e. The van der Waals surface area contributed by atoms with Crippen LogP contribution in [0.5, 0.6) is 0 Å². The van der Waals surface area contributed by atoms with E-state index in [1.807, 2.05) is 6.92 Å². The molecule has 0 saturated heterocycles. The zero-order chi connectivity index (χ0) is 15.4. The van der Waals surface area contributed by atoms with Crippen LogP contribution in [0, 0.1) is 15.9 Å². The van der Waals surface area contributed by atoms with E-state index in [-0.39, 0.29) is 11.5 Å². The van der Waals surface area contributed by atoms with E-state index in [0.717, 1.165) is 0 Å². The number of nitro groups is 1. The van der Waals surface area contributed by atoms with E-state index >= 15 is 0 Å². The van der Waals surface area contributed by atoms with E-state index in [0.29, 0.717) is 23.9 Å². The molecule has 2 aromatic rings. The molecule has 0 spiro atoms. The van der Waals surface area contributed by atoms with Crippen molar-refractivity contribution in [3.63, 3.8) is 0 Å². The van der Waals surface area contributed by atoms with Gasteiger partial charge in [-0.05, 0) is 31.2 Å². The summed E-state index contributed by atoms with van der Waals surface area (Å²) >= 11 is 0. The van der Waals surface area contributed by atoms with Gasteiger partial charge in [-0.1, -0.05) is 0 Å². The fourth-order valence-electron chi connectivity index (χ4n) is 1.85. The van der Waals surface area contributed by atoms with Crippen molar-refractivity contribution in [3.8, 4) is 0 Å². The molecule has 0 radical (unpaired) electrons. The van der Waals surface area contributed by atoms with Gasteiger partial charge < -0.3 is 10.2 Å². The van der Waals surface area contributed by atoms with Gasteiger partial charge >= 0.3 is 0 Å². The second-order valence-electron chi connectivity index (χ2n) is 4.39. The first-order valence-electron chi connectivity index (χ1n) is 6.41. The Morgan fingerprint density at radius 3 is 2.57 bits per heavy atom. The summed E-state index contributed by atoms with van der Waals surface area (Å²) in [6.07, 6.45) is 0. The molecule has 0 atom stereocenters. The third-order valence-electron chi connectivity index (χ3n) is 2.92. The molecule has 0 aliphatic carbocycles. The predicted octanol–water partition coefficient (Wildman–Crippen LogP) is 3.33. The topological polar surface area (TPSA) is 71.3 Å². The Hall–Kier alpha value is -2.70. The van der Waals surface area contributed by atoms with Gasteiger partial charge in [-0.2, -0.15) is 0 Å². The smallest absolute Gasteiger partial charge is 0.276 e. The normalized spacial score (nSPS) is 10.2. The molecule has 0 amide bonds. The maximum atomic E-state index is 13.0. The van der Waals surface area contributed by atoms with Crippen molar-refractivity contribution in [3.05, 3.63) is 52.3 Å². The maximum Gasteiger partial charge on any atom is 0.276 e. The Morgan fingerprint density at radius 1 is 1.33 bits per heavy atom. The zero-order valence-corrected chi connectivity index (χ0v) is 11.7. The van der Waals surface area contributed by atoms with Crippen LogP contribution in [-0.2, 0) is 0 Å². The number of benzene rings is 1. The number of anilines is 3. The molecule has 1 heterocycles. The molecule has 21 heavy (non-hydrogen) atoms. The zero-order valence-electron chi connectivity index (χ0n) is 11.7. The standard InChI is InChI=1S/C14H15FN4O2/c1-3-16-13-8-12(19(20)21)9-14(17-13)18(2)11-6-4-10(15)5-7-11/h4-9H,3H2,1-2H3,(H,16,17). The van der Waals surface area contributed by atoms with Crippen LogP contribution in [0.25, 0.3) is 0 Å². The summed E-state index contributed by atoms with van der Waals surface area (Å²) in [6, 6.07) is 8.59. The average Bonchev–Trinajstić information content (AvgIpc) is 2.47. The first-order chi connectivity index (χ1) is 10.0. The van der Waals surface area contributed by atoms with Gasteiger partial charge in [-0.3, -0.25) is 10.1 Å². The molecule has 1 N–H and O–H groups in total. The minimum Gasteiger partial charge on any atom is -0.370 e. The molecule has 0 aliphatic heterocycles. The fourth-order valence-corrected chi connectivity index (χ4v) is 1.85. The molecule has 7 heteroatoms. The summed E-state index contributed by atoms with van der Waals surface area (Å²) in [7, 11) is 1.72. The van der Waals surface area contributed by atoms with Crippen LogP contribution in [0.15, 0.2) is 36.4 Å². The minimum atomic E-state index is -0.468. The predicted molar refractivity (Wildman–Crippen MR) is 79.5 cm³/mol. The molecule has 1 aromatic carbocycles. The molecule has 0 saturated carbocycles. The molecule has 110 valence electrons. The van der Waals surface area contributed by atoms with Crippen LogP contribution in [0.1, 0.15) is 6.92 Å². The molecule has 0 bridgehead atoms. The van der Waals surface area contributed by atoms with Crippen molar-refractivity contribution >= 4 is 23.0 Å². The Balaban J connectivity index is 2.41. The van der Waals surface area contributed by atoms with Gasteiger partial charge in [0.1, 0.15) is 17.5 Å². The van der Waals surface area contributed by atoms with Gasteiger partial charge in [0, 0.05) is 19.3 Å². The van der Waals surface area contributed by atoms with Crippen molar-refractivity contribution in [1.29, 1.82) is 0 Å². The van der Waals surface area contributed by atoms with Gasteiger partial charge in [0.25, 0.3) is 5.69 Å². The highest BCUT2D eigenvalue weighted by atomic mass is 19.1. The molecule has 0 aliphatic rings. The molecule has 2 rings (SSSR count). The Labute approximate surface area is 121 Å².